The molecule has 13 heavy (non-hydrogen) atoms. The lowest BCUT2D eigenvalue weighted by molar-refractivity contribution is 0.201. The van der Waals surface area contributed by atoms with Gasteiger partial charge in [0.2, 0.25) is 0 Å². The molecule has 0 spiro atoms. The molecule has 0 rings (SSSR count). The van der Waals surface area contributed by atoms with E-state index in [0.717, 1.165) is 17.7 Å². The molecule has 0 saturated carbocycles. The van der Waals surface area contributed by atoms with E-state index < -0.39 is 0 Å². The Labute approximate surface area is 89.3 Å². The molecule has 0 aromatic rings. The zero-order valence-corrected chi connectivity index (χ0v) is 10.5. The maximum Gasteiger partial charge on any atom is 0.00870 e. The standard InChI is InChI=1S/C11H25NS/c1-5-10(9-13)8-12(4)11(6-2)7-3/h10-11,13H,5-9H2,1-4H3. The first kappa shape index (κ1) is 13.3. The van der Waals surface area contributed by atoms with Crippen molar-refractivity contribution in [3.05, 3.63) is 0 Å². The van der Waals surface area contributed by atoms with Gasteiger partial charge in [-0.05, 0) is 31.6 Å². The molecule has 1 nitrogen and oxygen atoms in total. The largest absolute Gasteiger partial charge is 0.303 e. The molecule has 0 heterocycles. The molecule has 0 aromatic heterocycles. The molecule has 0 amide bonds. The molecule has 0 aliphatic rings. The van der Waals surface area contributed by atoms with Crippen LogP contribution in [0, 0.1) is 5.92 Å². The number of hydrogen-bond acceptors (Lipinski definition) is 2. The fourth-order valence-corrected chi connectivity index (χ4v) is 2.16. The van der Waals surface area contributed by atoms with Crippen LogP contribution in [0.15, 0.2) is 0 Å². The second-order valence-electron chi connectivity index (χ2n) is 3.87. The summed E-state index contributed by atoms with van der Waals surface area (Å²) in [6.07, 6.45) is 3.76. The average Bonchev–Trinajstić information content (AvgIpc) is 2.16. The predicted molar refractivity (Wildman–Crippen MR) is 64.6 cm³/mol. The van der Waals surface area contributed by atoms with Gasteiger partial charge in [-0.25, -0.2) is 0 Å². The molecule has 0 fully saturated rings. The highest BCUT2D eigenvalue weighted by molar-refractivity contribution is 7.80. The second kappa shape index (κ2) is 7.69. The van der Waals surface area contributed by atoms with Crippen molar-refractivity contribution in [3.63, 3.8) is 0 Å². The van der Waals surface area contributed by atoms with E-state index in [1.807, 2.05) is 0 Å². The van der Waals surface area contributed by atoms with Gasteiger partial charge in [0, 0.05) is 12.6 Å². The summed E-state index contributed by atoms with van der Waals surface area (Å²) in [5, 5.41) is 0. The molecule has 0 N–H and O–H groups in total. The van der Waals surface area contributed by atoms with Gasteiger partial charge < -0.3 is 4.90 Å². The van der Waals surface area contributed by atoms with Crippen LogP contribution in [-0.2, 0) is 0 Å². The summed E-state index contributed by atoms with van der Waals surface area (Å²) in [4.78, 5) is 2.49. The summed E-state index contributed by atoms with van der Waals surface area (Å²) < 4.78 is 0. The lowest BCUT2D eigenvalue weighted by atomic mass is 10.1. The van der Waals surface area contributed by atoms with E-state index >= 15 is 0 Å². The minimum Gasteiger partial charge on any atom is -0.303 e. The lowest BCUT2D eigenvalue weighted by Crippen LogP contribution is -2.35. The van der Waals surface area contributed by atoms with Crippen molar-refractivity contribution in [1.29, 1.82) is 0 Å². The van der Waals surface area contributed by atoms with Crippen LogP contribution in [0.3, 0.4) is 0 Å². The molecule has 0 saturated heterocycles. The number of rotatable bonds is 7. The minimum atomic E-state index is 0.758. The summed E-state index contributed by atoms with van der Waals surface area (Å²) in [7, 11) is 2.24. The van der Waals surface area contributed by atoms with E-state index in [4.69, 9.17) is 0 Å². The monoisotopic (exact) mass is 203 g/mol. The molecule has 1 unspecified atom stereocenters. The SMILES string of the molecule is CCC(CS)CN(C)C(CC)CC. The third-order valence-corrected chi connectivity index (χ3v) is 3.46. The van der Waals surface area contributed by atoms with E-state index in [0.29, 0.717) is 0 Å². The lowest BCUT2D eigenvalue weighted by Gasteiger charge is -2.29. The predicted octanol–water partition coefficient (Wildman–Crippen LogP) is 3.06. The third-order valence-electron chi connectivity index (χ3n) is 2.95. The Hall–Kier alpha value is 0.310. The van der Waals surface area contributed by atoms with Gasteiger partial charge in [0.25, 0.3) is 0 Å². The Morgan fingerprint density at radius 3 is 1.92 bits per heavy atom. The van der Waals surface area contributed by atoms with E-state index in [1.165, 1.54) is 25.8 Å². The van der Waals surface area contributed by atoms with Crippen molar-refractivity contribution in [2.24, 2.45) is 5.92 Å². The smallest absolute Gasteiger partial charge is 0.00870 e. The quantitative estimate of drug-likeness (QED) is 0.622. The molecular weight excluding hydrogens is 178 g/mol. The van der Waals surface area contributed by atoms with Gasteiger partial charge in [0.05, 0.1) is 0 Å². The zero-order chi connectivity index (χ0) is 10.3. The molecule has 0 aliphatic heterocycles. The molecule has 1 atom stereocenters. The zero-order valence-electron chi connectivity index (χ0n) is 9.58. The van der Waals surface area contributed by atoms with Crippen LogP contribution >= 0.6 is 12.6 Å². The summed E-state index contributed by atoms with van der Waals surface area (Å²) in [5.41, 5.74) is 0. The van der Waals surface area contributed by atoms with Gasteiger partial charge in [-0.1, -0.05) is 27.2 Å². The summed E-state index contributed by atoms with van der Waals surface area (Å²) in [6.45, 7) is 7.99. The number of thiol groups is 1. The van der Waals surface area contributed by atoms with Gasteiger partial charge in [-0.3, -0.25) is 0 Å². The van der Waals surface area contributed by atoms with Crippen LogP contribution in [0.1, 0.15) is 40.0 Å². The molecule has 0 aliphatic carbocycles. The van der Waals surface area contributed by atoms with Crippen molar-refractivity contribution in [1.82, 2.24) is 4.90 Å². The van der Waals surface area contributed by atoms with Gasteiger partial charge in [0.1, 0.15) is 0 Å². The van der Waals surface area contributed by atoms with Crippen LogP contribution in [0.5, 0.6) is 0 Å². The first-order valence-electron chi connectivity index (χ1n) is 5.50. The Bertz CT molecular complexity index is 109. The Balaban J connectivity index is 3.87. The fraction of sp³-hybridized carbons (Fsp3) is 1.00. The number of nitrogens with zero attached hydrogens (tertiary/aromatic N) is 1. The van der Waals surface area contributed by atoms with E-state index in [9.17, 15) is 0 Å². The second-order valence-corrected chi connectivity index (χ2v) is 4.23. The summed E-state index contributed by atoms with van der Waals surface area (Å²) in [6, 6.07) is 0.758. The van der Waals surface area contributed by atoms with Crippen molar-refractivity contribution < 1.29 is 0 Å². The highest BCUT2D eigenvalue weighted by Crippen LogP contribution is 2.12. The van der Waals surface area contributed by atoms with Crippen LogP contribution in [0.4, 0.5) is 0 Å². The van der Waals surface area contributed by atoms with Crippen LogP contribution in [-0.4, -0.2) is 30.3 Å². The van der Waals surface area contributed by atoms with Crippen LogP contribution in [0.25, 0.3) is 0 Å². The molecule has 0 bridgehead atoms. The van der Waals surface area contributed by atoms with Gasteiger partial charge >= 0.3 is 0 Å². The third kappa shape index (κ3) is 4.92. The van der Waals surface area contributed by atoms with Gasteiger partial charge in [-0.15, -0.1) is 0 Å². The van der Waals surface area contributed by atoms with Gasteiger partial charge in [0.15, 0.2) is 0 Å². The van der Waals surface area contributed by atoms with Crippen molar-refractivity contribution in [3.8, 4) is 0 Å². The summed E-state index contributed by atoms with van der Waals surface area (Å²) in [5.74, 6) is 1.77. The summed E-state index contributed by atoms with van der Waals surface area (Å²) >= 11 is 4.37. The van der Waals surface area contributed by atoms with Crippen LogP contribution in [0.2, 0.25) is 0 Å². The Kier molecular flexibility index (Phi) is 7.87. The van der Waals surface area contributed by atoms with Crippen molar-refractivity contribution in [2.75, 3.05) is 19.3 Å². The van der Waals surface area contributed by atoms with E-state index in [2.05, 4.69) is 45.3 Å². The van der Waals surface area contributed by atoms with E-state index in [-0.39, 0.29) is 0 Å². The van der Waals surface area contributed by atoms with Crippen molar-refractivity contribution >= 4 is 12.6 Å². The molecule has 0 aromatic carbocycles. The Morgan fingerprint density at radius 1 is 1.08 bits per heavy atom. The highest BCUT2D eigenvalue weighted by atomic mass is 32.1. The highest BCUT2D eigenvalue weighted by Gasteiger charge is 2.13. The van der Waals surface area contributed by atoms with Crippen LogP contribution < -0.4 is 0 Å². The normalized spacial score (nSPS) is 14.1. The topological polar surface area (TPSA) is 3.24 Å². The average molecular weight is 203 g/mol. The Morgan fingerprint density at radius 2 is 1.62 bits per heavy atom. The first-order chi connectivity index (χ1) is 6.19. The number of hydrogen-bond donors (Lipinski definition) is 1. The van der Waals surface area contributed by atoms with Gasteiger partial charge in [-0.2, -0.15) is 12.6 Å². The molecule has 0 radical (unpaired) electrons. The first-order valence-corrected chi connectivity index (χ1v) is 6.13. The minimum absolute atomic E-state index is 0.758. The maximum absolute atomic E-state index is 4.37. The maximum atomic E-state index is 4.37. The molecule has 80 valence electrons. The molecule has 2 heteroatoms. The van der Waals surface area contributed by atoms with Crippen molar-refractivity contribution in [2.45, 2.75) is 46.1 Å². The fourth-order valence-electron chi connectivity index (χ4n) is 1.78. The molecular formula is C11H25NS. The van der Waals surface area contributed by atoms with E-state index in [1.54, 1.807) is 0 Å².